The molecule has 29 heavy (non-hydrogen) atoms. The SMILES string of the molecule is O=C(COC(=O)COc1ccc([N+](=O)[O-])cc1)NC[C@@H]1COc2ccccc2O1. The summed E-state index contributed by atoms with van der Waals surface area (Å²) in [7, 11) is 0. The third kappa shape index (κ3) is 5.83. The van der Waals surface area contributed by atoms with Crippen molar-refractivity contribution in [3.8, 4) is 17.2 Å². The Labute approximate surface area is 165 Å². The lowest BCUT2D eigenvalue weighted by Gasteiger charge is -2.26. The molecule has 152 valence electrons. The number of nitrogens with zero attached hydrogens (tertiary/aromatic N) is 1. The number of nitro benzene ring substituents is 1. The van der Waals surface area contributed by atoms with E-state index in [1.807, 2.05) is 12.1 Å². The van der Waals surface area contributed by atoms with Gasteiger partial charge in [0.25, 0.3) is 11.6 Å². The molecule has 0 fully saturated rings. The Morgan fingerprint density at radius 2 is 1.83 bits per heavy atom. The van der Waals surface area contributed by atoms with Gasteiger partial charge in [0.1, 0.15) is 18.5 Å². The van der Waals surface area contributed by atoms with Gasteiger partial charge in [-0.05, 0) is 24.3 Å². The van der Waals surface area contributed by atoms with E-state index in [2.05, 4.69) is 5.32 Å². The molecule has 1 heterocycles. The van der Waals surface area contributed by atoms with Crippen molar-refractivity contribution >= 4 is 17.6 Å². The number of benzene rings is 2. The highest BCUT2D eigenvalue weighted by Crippen LogP contribution is 2.30. The highest BCUT2D eigenvalue weighted by molar-refractivity contribution is 5.80. The van der Waals surface area contributed by atoms with Crippen molar-refractivity contribution in [3.05, 3.63) is 58.6 Å². The van der Waals surface area contributed by atoms with Crippen LogP contribution in [0.5, 0.6) is 17.2 Å². The van der Waals surface area contributed by atoms with Gasteiger partial charge in [0.05, 0.1) is 11.5 Å². The third-order valence-electron chi connectivity index (χ3n) is 3.86. The van der Waals surface area contributed by atoms with E-state index >= 15 is 0 Å². The zero-order valence-electron chi connectivity index (χ0n) is 15.2. The van der Waals surface area contributed by atoms with Gasteiger partial charge in [0.15, 0.2) is 24.7 Å². The van der Waals surface area contributed by atoms with Gasteiger partial charge in [-0.1, -0.05) is 12.1 Å². The molecular formula is C19H18N2O8. The molecule has 0 saturated heterocycles. The first-order valence-electron chi connectivity index (χ1n) is 8.69. The highest BCUT2D eigenvalue weighted by Gasteiger charge is 2.21. The minimum atomic E-state index is -0.746. The number of para-hydroxylation sites is 2. The fourth-order valence-electron chi connectivity index (χ4n) is 2.44. The molecule has 2 aromatic carbocycles. The number of hydrogen-bond acceptors (Lipinski definition) is 8. The molecule has 1 amide bonds. The summed E-state index contributed by atoms with van der Waals surface area (Å²) < 4.78 is 21.2. The molecule has 0 unspecified atom stereocenters. The molecule has 0 aliphatic carbocycles. The summed E-state index contributed by atoms with van der Waals surface area (Å²) in [4.78, 5) is 33.5. The number of carbonyl (C=O) groups is 2. The number of non-ortho nitro benzene ring substituents is 1. The second-order valence-electron chi connectivity index (χ2n) is 6.00. The van der Waals surface area contributed by atoms with Crippen molar-refractivity contribution in [3.63, 3.8) is 0 Å². The van der Waals surface area contributed by atoms with Gasteiger partial charge in [-0.25, -0.2) is 4.79 Å². The van der Waals surface area contributed by atoms with Crippen molar-refractivity contribution in [1.82, 2.24) is 5.32 Å². The van der Waals surface area contributed by atoms with Crippen LogP contribution in [0.4, 0.5) is 5.69 Å². The standard InChI is InChI=1S/C19H18N2O8/c22-18(20-9-15-10-27-16-3-1-2-4-17(16)29-15)11-28-19(23)12-26-14-7-5-13(6-8-14)21(24)25/h1-8,15H,9-12H2,(H,20,22)/t15-/m1/s1. The molecule has 0 bridgehead atoms. The highest BCUT2D eigenvalue weighted by atomic mass is 16.6. The maximum absolute atomic E-state index is 11.8. The molecule has 0 saturated carbocycles. The maximum Gasteiger partial charge on any atom is 0.344 e. The number of hydrogen-bond donors (Lipinski definition) is 1. The van der Waals surface area contributed by atoms with Crippen LogP contribution in [-0.2, 0) is 14.3 Å². The third-order valence-corrected chi connectivity index (χ3v) is 3.86. The van der Waals surface area contributed by atoms with Gasteiger partial charge in [0, 0.05) is 12.1 Å². The van der Waals surface area contributed by atoms with E-state index < -0.39 is 30.0 Å². The largest absolute Gasteiger partial charge is 0.486 e. The fraction of sp³-hybridized carbons (Fsp3) is 0.263. The Hall–Kier alpha value is -3.82. The summed E-state index contributed by atoms with van der Waals surface area (Å²) in [6.07, 6.45) is -0.352. The van der Waals surface area contributed by atoms with Gasteiger partial charge in [-0.3, -0.25) is 14.9 Å². The molecule has 10 nitrogen and oxygen atoms in total. The molecular weight excluding hydrogens is 384 g/mol. The van der Waals surface area contributed by atoms with Crippen LogP contribution in [0.1, 0.15) is 0 Å². The quantitative estimate of drug-likeness (QED) is 0.400. The van der Waals surface area contributed by atoms with Crippen molar-refractivity contribution in [2.24, 2.45) is 0 Å². The monoisotopic (exact) mass is 402 g/mol. The first-order valence-corrected chi connectivity index (χ1v) is 8.69. The number of ether oxygens (including phenoxy) is 4. The lowest BCUT2D eigenvalue weighted by atomic mass is 10.2. The van der Waals surface area contributed by atoms with Crippen LogP contribution in [0.15, 0.2) is 48.5 Å². The second kappa shape index (κ2) is 9.40. The smallest absolute Gasteiger partial charge is 0.344 e. The summed E-state index contributed by atoms with van der Waals surface area (Å²) >= 11 is 0. The Morgan fingerprint density at radius 3 is 2.55 bits per heavy atom. The first kappa shape index (κ1) is 19.9. The Morgan fingerprint density at radius 1 is 1.10 bits per heavy atom. The van der Waals surface area contributed by atoms with Crippen molar-refractivity contribution in [2.75, 3.05) is 26.4 Å². The molecule has 0 radical (unpaired) electrons. The van der Waals surface area contributed by atoms with Gasteiger partial charge < -0.3 is 24.3 Å². The molecule has 2 aromatic rings. The molecule has 1 aliphatic rings. The topological polar surface area (TPSA) is 126 Å². The Kier molecular flexibility index (Phi) is 6.46. The van der Waals surface area contributed by atoms with Crippen LogP contribution in [0, 0.1) is 10.1 Å². The zero-order valence-corrected chi connectivity index (χ0v) is 15.2. The minimum Gasteiger partial charge on any atom is -0.486 e. The van der Waals surface area contributed by atoms with E-state index in [1.165, 1.54) is 24.3 Å². The molecule has 1 atom stereocenters. The van der Waals surface area contributed by atoms with Crippen LogP contribution in [-0.4, -0.2) is 49.3 Å². The van der Waals surface area contributed by atoms with E-state index in [-0.39, 0.29) is 24.1 Å². The van der Waals surface area contributed by atoms with Crippen molar-refractivity contribution in [2.45, 2.75) is 6.10 Å². The number of esters is 1. The minimum absolute atomic E-state index is 0.0903. The van der Waals surface area contributed by atoms with Crippen LogP contribution >= 0.6 is 0 Å². The number of carbonyl (C=O) groups excluding carboxylic acids is 2. The number of fused-ring (bicyclic) bond motifs is 1. The summed E-state index contributed by atoms with van der Waals surface area (Å²) in [5.74, 6) is 0.289. The zero-order chi connectivity index (χ0) is 20.6. The Bertz CT molecular complexity index is 884. The van der Waals surface area contributed by atoms with E-state index in [4.69, 9.17) is 18.9 Å². The average Bonchev–Trinajstić information content (AvgIpc) is 2.75. The van der Waals surface area contributed by atoms with Crippen molar-refractivity contribution < 1.29 is 33.5 Å². The van der Waals surface area contributed by atoms with Gasteiger partial charge in [-0.15, -0.1) is 0 Å². The molecule has 3 rings (SSSR count). The predicted octanol–water partition coefficient (Wildman–Crippen LogP) is 1.47. The van der Waals surface area contributed by atoms with E-state index in [9.17, 15) is 19.7 Å². The average molecular weight is 402 g/mol. The van der Waals surface area contributed by atoms with Crippen LogP contribution in [0.25, 0.3) is 0 Å². The second-order valence-corrected chi connectivity index (χ2v) is 6.00. The predicted molar refractivity (Wildman–Crippen MR) is 98.9 cm³/mol. The van der Waals surface area contributed by atoms with Gasteiger partial charge in [0.2, 0.25) is 0 Å². The van der Waals surface area contributed by atoms with Gasteiger partial charge in [-0.2, -0.15) is 0 Å². The maximum atomic E-state index is 11.8. The van der Waals surface area contributed by atoms with Gasteiger partial charge >= 0.3 is 5.97 Å². The number of nitrogens with one attached hydrogen (secondary N) is 1. The first-order chi connectivity index (χ1) is 14.0. The van der Waals surface area contributed by atoms with Crippen molar-refractivity contribution in [1.29, 1.82) is 0 Å². The summed E-state index contributed by atoms with van der Waals surface area (Å²) in [5.41, 5.74) is -0.0903. The number of rotatable bonds is 8. The summed E-state index contributed by atoms with van der Waals surface area (Å²) in [5, 5.41) is 13.2. The number of amides is 1. The lowest BCUT2D eigenvalue weighted by Crippen LogP contribution is -2.42. The Balaban J connectivity index is 1.33. The molecule has 1 aliphatic heterocycles. The molecule has 10 heteroatoms. The van der Waals surface area contributed by atoms with E-state index in [1.54, 1.807) is 12.1 Å². The van der Waals surface area contributed by atoms with E-state index in [0.717, 1.165) is 0 Å². The van der Waals surface area contributed by atoms with Crippen LogP contribution < -0.4 is 19.5 Å². The summed E-state index contributed by atoms with van der Waals surface area (Å²) in [6, 6.07) is 12.5. The van der Waals surface area contributed by atoms with E-state index in [0.29, 0.717) is 18.1 Å². The number of nitro groups is 1. The van der Waals surface area contributed by atoms with Crippen LogP contribution in [0.3, 0.4) is 0 Å². The normalized spacial score (nSPS) is 14.6. The molecule has 0 spiro atoms. The molecule has 1 N–H and O–H groups in total. The lowest BCUT2D eigenvalue weighted by molar-refractivity contribution is -0.384. The summed E-state index contributed by atoms with van der Waals surface area (Å²) in [6.45, 7) is -0.405. The molecule has 0 aromatic heterocycles. The van der Waals surface area contributed by atoms with Crippen LogP contribution in [0.2, 0.25) is 0 Å². The fourth-order valence-corrected chi connectivity index (χ4v) is 2.44.